The van der Waals surface area contributed by atoms with Crippen molar-refractivity contribution in [2.24, 2.45) is 11.3 Å². The maximum atomic E-state index is 12.6. The molecule has 0 saturated heterocycles. The van der Waals surface area contributed by atoms with Crippen molar-refractivity contribution >= 4 is 5.97 Å². The molecule has 0 heterocycles. The maximum Gasteiger partial charge on any atom is 0.309 e. The first-order chi connectivity index (χ1) is 18.0. The highest BCUT2D eigenvalue weighted by atomic mass is 16.4. The lowest BCUT2D eigenvalue weighted by atomic mass is 9.71. The Morgan fingerprint density at radius 1 is 0.514 bits per heavy atom. The van der Waals surface area contributed by atoms with E-state index in [4.69, 9.17) is 0 Å². The summed E-state index contributed by atoms with van der Waals surface area (Å²) >= 11 is 0. The van der Waals surface area contributed by atoms with E-state index in [0.717, 1.165) is 32.1 Å². The lowest BCUT2D eigenvalue weighted by molar-refractivity contribution is -0.151. The van der Waals surface area contributed by atoms with Gasteiger partial charge in [0, 0.05) is 0 Å². The third-order valence-corrected chi connectivity index (χ3v) is 8.76. The normalized spacial score (nSPS) is 14.1. The number of carbonyl (C=O) groups is 1. The Bertz CT molecular complexity index is 474. The Kier molecular flexibility index (Phi) is 26.7. The molecule has 0 aromatic heterocycles. The van der Waals surface area contributed by atoms with Gasteiger partial charge in [-0.15, -0.1) is 0 Å². The number of unbranched alkanes of at least 4 members (excludes halogenated alkanes) is 21. The summed E-state index contributed by atoms with van der Waals surface area (Å²) in [5, 5.41) is 10.4. The van der Waals surface area contributed by atoms with E-state index in [1.165, 1.54) is 148 Å². The molecular formula is C35H70O2. The second-order valence-electron chi connectivity index (χ2n) is 12.6. The van der Waals surface area contributed by atoms with Crippen LogP contribution in [0.3, 0.4) is 0 Å². The number of hydrogen-bond donors (Lipinski definition) is 1. The quantitative estimate of drug-likeness (QED) is 0.0952. The van der Waals surface area contributed by atoms with Crippen LogP contribution in [-0.4, -0.2) is 11.1 Å². The van der Waals surface area contributed by atoms with Crippen LogP contribution in [0.2, 0.25) is 0 Å². The Labute approximate surface area is 234 Å². The van der Waals surface area contributed by atoms with Crippen LogP contribution < -0.4 is 0 Å². The molecule has 0 aliphatic carbocycles. The highest BCUT2D eigenvalue weighted by Crippen LogP contribution is 2.40. The van der Waals surface area contributed by atoms with Crippen molar-refractivity contribution in [1.29, 1.82) is 0 Å². The molecular weight excluding hydrogens is 452 g/mol. The van der Waals surface area contributed by atoms with Gasteiger partial charge in [0.2, 0.25) is 0 Å². The summed E-state index contributed by atoms with van der Waals surface area (Å²) in [5.74, 6) is 0.0218. The Balaban J connectivity index is 4.29. The first kappa shape index (κ1) is 36.5. The molecule has 0 aliphatic rings. The molecule has 2 unspecified atom stereocenters. The van der Waals surface area contributed by atoms with Crippen LogP contribution >= 0.6 is 0 Å². The van der Waals surface area contributed by atoms with E-state index in [9.17, 15) is 9.90 Å². The molecule has 0 saturated carbocycles. The molecule has 0 aromatic carbocycles. The Morgan fingerprint density at radius 2 is 0.811 bits per heavy atom. The highest BCUT2D eigenvalue weighted by Gasteiger charge is 2.38. The fourth-order valence-corrected chi connectivity index (χ4v) is 6.22. The van der Waals surface area contributed by atoms with Gasteiger partial charge in [-0.3, -0.25) is 4.79 Å². The van der Waals surface area contributed by atoms with E-state index >= 15 is 0 Å². The van der Waals surface area contributed by atoms with Crippen LogP contribution in [-0.2, 0) is 4.79 Å². The zero-order chi connectivity index (χ0) is 27.5. The first-order valence-electron chi connectivity index (χ1n) is 17.3. The third-order valence-electron chi connectivity index (χ3n) is 8.76. The minimum atomic E-state index is -0.506. The van der Waals surface area contributed by atoms with Crippen LogP contribution in [0.4, 0.5) is 0 Å². The minimum Gasteiger partial charge on any atom is -0.481 e. The van der Waals surface area contributed by atoms with E-state index < -0.39 is 11.4 Å². The molecule has 0 rings (SSSR count). The van der Waals surface area contributed by atoms with Crippen LogP contribution in [0.1, 0.15) is 207 Å². The van der Waals surface area contributed by atoms with Gasteiger partial charge in [0.25, 0.3) is 0 Å². The van der Waals surface area contributed by atoms with Gasteiger partial charge < -0.3 is 5.11 Å². The van der Waals surface area contributed by atoms with E-state index in [1.807, 2.05) is 0 Å². The minimum absolute atomic E-state index is 0.480. The van der Waals surface area contributed by atoms with Crippen molar-refractivity contribution in [1.82, 2.24) is 0 Å². The van der Waals surface area contributed by atoms with Crippen molar-refractivity contribution in [3.05, 3.63) is 0 Å². The van der Waals surface area contributed by atoms with E-state index in [-0.39, 0.29) is 0 Å². The van der Waals surface area contributed by atoms with Crippen LogP contribution in [0.15, 0.2) is 0 Å². The maximum absolute atomic E-state index is 12.6. The zero-order valence-electron chi connectivity index (χ0n) is 26.2. The molecule has 0 aliphatic heterocycles. The Hall–Kier alpha value is -0.530. The van der Waals surface area contributed by atoms with Gasteiger partial charge in [0.1, 0.15) is 0 Å². The van der Waals surface area contributed by atoms with Gasteiger partial charge in [0.05, 0.1) is 5.41 Å². The second kappa shape index (κ2) is 27.1. The van der Waals surface area contributed by atoms with E-state index in [0.29, 0.717) is 5.92 Å². The standard InChI is InChI=1S/C35H70O2/c1-5-8-11-14-16-17-18-19-20-21-22-23-25-28-31-35(34(36)37,30-27-13-10-7-3)32-33(4)29-26-24-15-12-9-6-2/h33H,5-32H2,1-4H3,(H,36,37). The molecule has 2 atom stereocenters. The summed E-state index contributed by atoms with van der Waals surface area (Å²) in [6.07, 6.45) is 35.6. The van der Waals surface area contributed by atoms with Crippen molar-refractivity contribution in [2.75, 3.05) is 0 Å². The fourth-order valence-electron chi connectivity index (χ4n) is 6.22. The van der Waals surface area contributed by atoms with Crippen LogP contribution in [0.25, 0.3) is 0 Å². The zero-order valence-corrected chi connectivity index (χ0v) is 26.2. The Morgan fingerprint density at radius 3 is 1.16 bits per heavy atom. The molecule has 0 aromatic rings. The smallest absolute Gasteiger partial charge is 0.309 e. The predicted molar refractivity (Wildman–Crippen MR) is 166 cm³/mol. The molecule has 2 heteroatoms. The average molecular weight is 523 g/mol. The molecule has 0 fully saturated rings. The molecule has 0 spiro atoms. The van der Waals surface area contributed by atoms with Crippen molar-refractivity contribution in [2.45, 2.75) is 207 Å². The molecule has 1 N–H and O–H groups in total. The number of carboxylic acid groups (broad SMARTS) is 1. The number of carboxylic acids is 1. The third kappa shape index (κ3) is 22.0. The van der Waals surface area contributed by atoms with Crippen LogP contribution in [0, 0.1) is 11.3 Å². The summed E-state index contributed by atoms with van der Waals surface area (Å²) in [4.78, 5) is 12.6. The molecule has 222 valence electrons. The second-order valence-corrected chi connectivity index (χ2v) is 12.6. The highest BCUT2D eigenvalue weighted by molar-refractivity contribution is 5.74. The molecule has 2 nitrogen and oxygen atoms in total. The number of hydrogen-bond acceptors (Lipinski definition) is 1. The topological polar surface area (TPSA) is 37.3 Å². The summed E-state index contributed by atoms with van der Waals surface area (Å²) in [6, 6.07) is 0. The van der Waals surface area contributed by atoms with Gasteiger partial charge >= 0.3 is 5.97 Å². The lowest BCUT2D eigenvalue weighted by Crippen LogP contribution is -2.33. The van der Waals surface area contributed by atoms with Gasteiger partial charge in [-0.1, -0.05) is 188 Å². The summed E-state index contributed by atoms with van der Waals surface area (Å²) in [5.41, 5.74) is -0.480. The van der Waals surface area contributed by atoms with E-state index in [1.54, 1.807) is 0 Å². The number of aliphatic carboxylic acids is 1. The van der Waals surface area contributed by atoms with Crippen molar-refractivity contribution in [3.63, 3.8) is 0 Å². The molecule has 0 amide bonds. The van der Waals surface area contributed by atoms with Crippen LogP contribution in [0.5, 0.6) is 0 Å². The van der Waals surface area contributed by atoms with Crippen molar-refractivity contribution in [3.8, 4) is 0 Å². The van der Waals surface area contributed by atoms with Crippen molar-refractivity contribution < 1.29 is 9.90 Å². The lowest BCUT2D eigenvalue weighted by Gasteiger charge is -2.32. The fraction of sp³-hybridized carbons (Fsp3) is 0.971. The van der Waals surface area contributed by atoms with E-state index in [2.05, 4.69) is 27.7 Å². The largest absolute Gasteiger partial charge is 0.481 e. The monoisotopic (exact) mass is 523 g/mol. The first-order valence-corrected chi connectivity index (χ1v) is 17.3. The van der Waals surface area contributed by atoms with Gasteiger partial charge in [0.15, 0.2) is 0 Å². The average Bonchev–Trinajstić information content (AvgIpc) is 2.88. The summed E-state index contributed by atoms with van der Waals surface area (Å²) < 4.78 is 0. The SMILES string of the molecule is CCCCCCCCCCCCCCCCC(CCCCCC)(CC(C)CCCCCCCC)C(=O)O. The molecule has 37 heavy (non-hydrogen) atoms. The van der Waals surface area contributed by atoms with Gasteiger partial charge in [-0.25, -0.2) is 0 Å². The predicted octanol–water partition coefficient (Wildman–Crippen LogP) is 12.7. The molecule has 0 bridgehead atoms. The van der Waals surface area contributed by atoms with Gasteiger partial charge in [-0.05, 0) is 25.2 Å². The number of rotatable bonds is 30. The van der Waals surface area contributed by atoms with Gasteiger partial charge in [-0.2, -0.15) is 0 Å². The summed E-state index contributed by atoms with van der Waals surface area (Å²) in [6.45, 7) is 9.12. The summed E-state index contributed by atoms with van der Waals surface area (Å²) in [7, 11) is 0. The molecule has 0 radical (unpaired) electrons.